The van der Waals surface area contributed by atoms with Crippen LogP contribution in [0.2, 0.25) is 5.02 Å². The van der Waals surface area contributed by atoms with Gasteiger partial charge in [-0.2, -0.15) is 0 Å². The summed E-state index contributed by atoms with van der Waals surface area (Å²) in [6.45, 7) is 8.83. The number of halogens is 1. The molecule has 0 aliphatic rings. The van der Waals surface area contributed by atoms with E-state index in [0.29, 0.717) is 6.54 Å². The van der Waals surface area contributed by atoms with Crippen molar-refractivity contribution in [3.63, 3.8) is 0 Å². The highest BCUT2D eigenvalue weighted by atomic mass is 35.5. The van der Waals surface area contributed by atoms with Crippen molar-refractivity contribution in [3.8, 4) is 0 Å². The van der Waals surface area contributed by atoms with Crippen molar-refractivity contribution >= 4 is 23.4 Å². The van der Waals surface area contributed by atoms with Gasteiger partial charge < -0.3 is 15.4 Å². The Morgan fingerprint density at radius 1 is 1.30 bits per heavy atom. The predicted molar refractivity (Wildman–Crippen MR) is 83.5 cm³/mol. The van der Waals surface area contributed by atoms with Crippen LogP contribution in [0, 0.1) is 6.92 Å². The molecule has 4 nitrogen and oxygen atoms in total. The van der Waals surface area contributed by atoms with Crippen molar-refractivity contribution < 1.29 is 9.53 Å². The van der Waals surface area contributed by atoms with E-state index < -0.39 is 5.60 Å². The highest BCUT2D eigenvalue weighted by molar-refractivity contribution is 6.31. The maximum atomic E-state index is 11.4. The lowest BCUT2D eigenvalue weighted by Crippen LogP contribution is -2.33. The fraction of sp³-hybridized carbons (Fsp3) is 0.533. The lowest BCUT2D eigenvalue weighted by atomic mass is 10.2. The second-order valence-corrected chi connectivity index (χ2v) is 6.08. The van der Waals surface area contributed by atoms with Gasteiger partial charge in [-0.05, 0) is 51.8 Å². The lowest BCUT2D eigenvalue weighted by Gasteiger charge is -2.19. The topological polar surface area (TPSA) is 50.4 Å². The standard InChI is InChI=1S/C15H23ClN2O2/c1-11-6-7-12(10-13(11)16)17-8-5-9-18-14(19)20-15(2,3)4/h6-7,10,17H,5,8-9H2,1-4H3,(H,18,19). The molecule has 0 saturated heterocycles. The van der Waals surface area contributed by atoms with Gasteiger partial charge in [0.25, 0.3) is 0 Å². The Labute approximate surface area is 125 Å². The summed E-state index contributed by atoms with van der Waals surface area (Å²) >= 11 is 6.04. The number of anilines is 1. The first-order chi connectivity index (χ1) is 9.28. The van der Waals surface area contributed by atoms with Crippen molar-refractivity contribution in [1.82, 2.24) is 5.32 Å². The van der Waals surface area contributed by atoms with Crippen LogP contribution in [0.1, 0.15) is 32.8 Å². The van der Waals surface area contributed by atoms with E-state index in [-0.39, 0.29) is 6.09 Å². The lowest BCUT2D eigenvalue weighted by molar-refractivity contribution is 0.0528. The zero-order chi connectivity index (χ0) is 15.2. The smallest absolute Gasteiger partial charge is 0.407 e. The Morgan fingerprint density at radius 3 is 2.60 bits per heavy atom. The first kappa shape index (κ1) is 16.6. The normalized spacial score (nSPS) is 11.1. The number of rotatable bonds is 5. The summed E-state index contributed by atoms with van der Waals surface area (Å²) in [5.74, 6) is 0. The van der Waals surface area contributed by atoms with Gasteiger partial charge in [-0.15, -0.1) is 0 Å². The van der Waals surface area contributed by atoms with Gasteiger partial charge in [0, 0.05) is 23.8 Å². The molecule has 1 amide bonds. The summed E-state index contributed by atoms with van der Waals surface area (Å²) in [5.41, 5.74) is 1.59. The van der Waals surface area contributed by atoms with Crippen LogP contribution in [0.3, 0.4) is 0 Å². The molecule has 0 spiro atoms. The number of alkyl carbamates (subject to hydrolysis) is 1. The molecular weight excluding hydrogens is 276 g/mol. The third kappa shape index (κ3) is 6.66. The molecule has 0 unspecified atom stereocenters. The third-order valence-electron chi connectivity index (χ3n) is 2.52. The summed E-state index contributed by atoms with van der Waals surface area (Å²) in [5, 5.41) is 6.73. The minimum Gasteiger partial charge on any atom is -0.444 e. The Kier molecular flexibility index (Phi) is 6.14. The van der Waals surface area contributed by atoms with Crippen molar-refractivity contribution in [2.45, 2.75) is 39.7 Å². The van der Waals surface area contributed by atoms with Gasteiger partial charge in [-0.3, -0.25) is 0 Å². The molecule has 5 heteroatoms. The first-order valence-electron chi connectivity index (χ1n) is 6.75. The number of aryl methyl sites for hydroxylation is 1. The van der Waals surface area contributed by atoms with E-state index in [1.165, 1.54) is 0 Å². The van der Waals surface area contributed by atoms with Gasteiger partial charge in [-0.1, -0.05) is 17.7 Å². The molecule has 0 aliphatic heterocycles. The Bertz CT molecular complexity index is 456. The van der Waals surface area contributed by atoms with Crippen molar-refractivity contribution in [2.75, 3.05) is 18.4 Å². The van der Waals surface area contributed by atoms with Gasteiger partial charge >= 0.3 is 6.09 Å². The third-order valence-corrected chi connectivity index (χ3v) is 2.93. The quantitative estimate of drug-likeness (QED) is 0.809. The molecule has 0 aromatic heterocycles. The molecule has 0 atom stereocenters. The molecule has 0 radical (unpaired) electrons. The van der Waals surface area contributed by atoms with Crippen LogP contribution in [-0.2, 0) is 4.74 Å². The molecule has 20 heavy (non-hydrogen) atoms. The van der Waals surface area contributed by atoms with Crippen LogP contribution in [0.4, 0.5) is 10.5 Å². The number of benzene rings is 1. The molecular formula is C15H23ClN2O2. The van der Waals surface area contributed by atoms with Gasteiger partial charge in [-0.25, -0.2) is 4.79 Å². The summed E-state index contributed by atoms with van der Waals surface area (Å²) < 4.78 is 5.14. The van der Waals surface area contributed by atoms with Crippen molar-refractivity contribution in [2.24, 2.45) is 0 Å². The monoisotopic (exact) mass is 298 g/mol. The number of amides is 1. The minimum atomic E-state index is -0.457. The molecule has 2 N–H and O–H groups in total. The number of hydrogen-bond donors (Lipinski definition) is 2. The van der Waals surface area contributed by atoms with Crippen LogP contribution in [0.25, 0.3) is 0 Å². The molecule has 1 rings (SSSR count). The minimum absolute atomic E-state index is 0.379. The van der Waals surface area contributed by atoms with Gasteiger partial charge in [0.15, 0.2) is 0 Å². The fourth-order valence-electron chi connectivity index (χ4n) is 1.53. The SMILES string of the molecule is Cc1ccc(NCCCNC(=O)OC(C)(C)C)cc1Cl. The van der Waals surface area contributed by atoms with E-state index in [9.17, 15) is 4.79 Å². The fourth-order valence-corrected chi connectivity index (χ4v) is 1.71. The van der Waals surface area contributed by atoms with Crippen molar-refractivity contribution in [1.29, 1.82) is 0 Å². The highest BCUT2D eigenvalue weighted by Crippen LogP contribution is 2.19. The summed E-state index contributed by atoms with van der Waals surface area (Å²) in [6.07, 6.45) is 0.431. The highest BCUT2D eigenvalue weighted by Gasteiger charge is 2.15. The van der Waals surface area contributed by atoms with E-state index in [1.807, 2.05) is 45.9 Å². The summed E-state index contributed by atoms with van der Waals surface area (Å²) in [4.78, 5) is 11.4. The second-order valence-electron chi connectivity index (χ2n) is 5.67. The van der Waals surface area contributed by atoms with Crippen molar-refractivity contribution in [3.05, 3.63) is 28.8 Å². The van der Waals surface area contributed by atoms with Gasteiger partial charge in [0.05, 0.1) is 0 Å². The largest absolute Gasteiger partial charge is 0.444 e. The molecule has 112 valence electrons. The molecule has 0 heterocycles. The number of carbonyl (C=O) groups is 1. The predicted octanol–water partition coefficient (Wildman–Crippen LogP) is 3.98. The van der Waals surface area contributed by atoms with E-state index in [2.05, 4.69) is 10.6 Å². The van der Waals surface area contributed by atoms with Gasteiger partial charge in [0.1, 0.15) is 5.60 Å². The number of carbonyl (C=O) groups excluding carboxylic acids is 1. The van der Waals surface area contributed by atoms with Crippen LogP contribution < -0.4 is 10.6 Å². The molecule has 0 saturated carbocycles. The average Bonchev–Trinajstić information content (AvgIpc) is 2.31. The van der Waals surface area contributed by atoms with Crippen LogP contribution in [0.5, 0.6) is 0 Å². The van der Waals surface area contributed by atoms with Crippen LogP contribution >= 0.6 is 11.6 Å². The van der Waals surface area contributed by atoms with E-state index in [1.54, 1.807) is 0 Å². The molecule has 0 fully saturated rings. The number of nitrogens with one attached hydrogen (secondary N) is 2. The second kappa shape index (κ2) is 7.39. The van der Waals surface area contributed by atoms with Crippen LogP contribution in [-0.4, -0.2) is 24.8 Å². The summed E-state index contributed by atoms with van der Waals surface area (Å²) in [7, 11) is 0. The number of hydrogen-bond acceptors (Lipinski definition) is 3. The molecule has 0 bridgehead atoms. The Morgan fingerprint density at radius 2 is 2.00 bits per heavy atom. The Hall–Kier alpha value is -1.42. The number of ether oxygens (including phenoxy) is 1. The maximum absolute atomic E-state index is 11.4. The molecule has 1 aromatic carbocycles. The van der Waals surface area contributed by atoms with E-state index in [0.717, 1.165) is 29.2 Å². The zero-order valence-electron chi connectivity index (χ0n) is 12.5. The Balaban J connectivity index is 2.19. The summed E-state index contributed by atoms with van der Waals surface area (Å²) in [6, 6.07) is 5.87. The average molecular weight is 299 g/mol. The van der Waals surface area contributed by atoms with E-state index >= 15 is 0 Å². The first-order valence-corrected chi connectivity index (χ1v) is 7.12. The zero-order valence-corrected chi connectivity index (χ0v) is 13.3. The van der Waals surface area contributed by atoms with Crippen LogP contribution in [0.15, 0.2) is 18.2 Å². The van der Waals surface area contributed by atoms with E-state index in [4.69, 9.17) is 16.3 Å². The van der Waals surface area contributed by atoms with Gasteiger partial charge in [0.2, 0.25) is 0 Å². The molecule has 1 aromatic rings. The molecule has 0 aliphatic carbocycles. The maximum Gasteiger partial charge on any atom is 0.407 e.